The number of anilines is 2. The third kappa shape index (κ3) is 4.69. The van der Waals surface area contributed by atoms with Gasteiger partial charge in [-0.05, 0) is 56.7 Å². The topological polar surface area (TPSA) is 67.4 Å². The Hall–Kier alpha value is -2.34. The predicted molar refractivity (Wildman–Crippen MR) is 110 cm³/mol. The number of amides is 1. The molecule has 0 saturated heterocycles. The number of thiophene rings is 1. The molecule has 0 aliphatic heterocycles. The number of aryl methyl sites for hydroxylation is 1. The van der Waals surface area contributed by atoms with Crippen molar-refractivity contribution in [1.29, 1.82) is 0 Å². The maximum Gasteiger partial charge on any atom is 0.341 e. The normalized spacial score (nSPS) is 15.7. The van der Waals surface area contributed by atoms with E-state index in [0.29, 0.717) is 23.1 Å². The third-order valence-corrected chi connectivity index (χ3v) is 5.92. The largest absolute Gasteiger partial charge is 0.462 e. The van der Waals surface area contributed by atoms with Crippen molar-refractivity contribution in [2.75, 3.05) is 23.8 Å². The zero-order chi connectivity index (χ0) is 19.4. The van der Waals surface area contributed by atoms with Crippen molar-refractivity contribution in [3.63, 3.8) is 0 Å². The SMILES string of the molecule is CCOC(=O)c1c(NC(=O)CNc2ccc(C)cc2)sc2c1CC[C@@H](C)C2. The van der Waals surface area contributed by atoms with E-state index in [1.807, 2.05) is 31.2 Å². The lowest BCUT2D eigenvalue weighted by Crippen LogP contribution is -2.22. The van der Waals surface area contributed by atoms with Crippen LogP contribution in [-0.4, -0.2) is 25.0 Å². The molecule has 3 rings (SSSR count). The molecule has 27 heavy (non-hydrogen) atoms. The van der Waals surface area contributed by atoms with Crippen molar-refractivity contribution in [1.82, 2.24) is 0 Å². The molecular formula is C21H26N2O3S. The first-order valence-corrected chi connectivity index (χ1v) is 10.2. The van der Waals surface area contributed by atoms with Gasteiger partial charge in [-0.3, -0.25) is 4.79 Å². The molecule has 1 aromatic carbocycles. The summed E-state index contributed by atoms with van der Waals surface area (Å²) >= 11 is 1.51. The lowest BCUT2D eigenvalue weighted by molar-refractivity contribution is -0.114. The zero-order valence-electron chi connectivity index (χ0n) is 16.1. The molecule has 1 aliphatic rings. The Bertz CT molecular complexity index is 827. The van der Waals surface area contributed by atoms with Crippen molar-refractivity contribution in [3.05, 3.63) is 45.8 Å². The number of rotatable bonds is 6. The fourth-order valence-electron chi connectivity index (χ4n) is 3.28. The second-order valence-corrected chi connectivity index (χ2v) is 8.15. The van der Waals surface area contributed by atoms with Crippen LogP contribution >= 0.6 is 11.3 Å². The second kappa shape index (κ2) is 8.57. The van der Waals surface area contributed by atoms with Crippen LogP contribution in [0.4, 0.5) is 10.7 Å². The lowest BCUT2D eigenvalue weighted by atomic mass is 9.88. The molecule has 5 nitrogen and oxygen atoms in total. The quantitative estimate of drug-likeness (QED) is 0.722. The summed E-state index contributed by atoms with van der Waals surface area (Å²) in [7, 11) is 0. The molecule has 1 aromatic heterocycles. The van der Waals surface area contributed by atoms with Gasteiger partial charge in [0.15, 0.2) is 0 Å². The minimum absolute atomic E-state index is 0.143. The maximum absolute atomic E-state index is 12.5. The van der Waals surface area contributed by atoms with Gasteiger partial charge in [0.1, 0.15) is 5.00 Å². The molecule has 1 heterocycles. The van der Waals surface area contributed by atoms with Crippen LogP contribution in [0.25, 0.3) is 0 Å². The van der Waals surface area contributed by atoms with E-state index in [-0.39, 0.29) is 18.4 Å². The van der Waals surface area contributed by atoms with Crippen LogP contribution in [0, 0.1) is 12.8 Å². The Morgan fingerprint density at radius 2 is 2.00 bits per heavy atom. The summed E-state index contributed by atoms with van der Waals surface area (Å²) in [4.78, 5) is 26.1. The molecular weight excluding hydrogens is 360 g/mol. The number of fused-ring (bicyclic) bond motifs is 1. The molecule has 0 spiro atoms. The molecule has 0 fully saturated rings. The van der Waals surface area contributed by atoms with Crippen LogP contribution in [0.1, 0.15) is 46.6 Å². The van der Waals surface area contributed by atoms with Crippen LogP contribution < -0.4 is 10.6 Å². The summed E-state index contributed by atoms with van der Waals surface area (Å²) in [6, 6.07) is 7.87. The highest BCUT2D eigenvalue weighted by Crippen LogP contribution is 2.40. The lowest BCUT2D eigenvalue weighted by Gasteiger charge is -2.18. The highest BCUT2D eigenvalue weighted by atomic mass is 32.1. The molecule has 0 bridgehead atoms. The van der Waals surface area contributed by atoms with E-state index in [1.165, 1.54) is 21.8 Å². The molecule has 1 amide bonds. The van der Waals surface area contributed by atoms with Crippen LogP contribution in [0.3, 0.4) is 0 Å². The number of hydrogen-bond acceptors (Lipinski definition) is 5. The van der Waals surface area contributed by atoms with E-state index in [9.17, 15) is 9.59 Å². The van der Waals surface area contributed by atoms with E-state index in [4.69, 9.17) is 4.74 Å². The highest BCUT2D eigenvalue weighted by molar-refractivity contribution is 7.17. The highest BCUT2D eigenvalue weighted by Gasteiger charge is 2.29. The van der Waals surface area contributed by atoms with Gasteiger partial charge >= 0.3 is 5.97 Å². The minimum Gasteiger partial charge on any atom is -0.462 e. The maximum atomic E-state index is 12.5. The Kier molecular flexibility index (Phi) is 6.16. The summed E-state index contributed by atoms with van der Waals surface area (Å²) in [5.41, 5.74) is 3.66. The Morgan fingerprint density at radius 3 is 2.70 bits per heavy atom. The van der Waals surface area contributed by atoms with Crippen LogP contribution in [0.15, 0.2) is 24.3 Å². The average Bonchev–Trinajstić information content (AvgIpc) is 2.98. The fourth-order valence-corrected chi connectivity index (χ4v) is 4.70. The molecule has 1 aliphatic carbocycles. The number of benzene rings is 1. The molecule has 0 unspecified atom stereocenters. The number of carbonyl (C=O) groups is 2. The van der Waals surface area contributed by atoms with Gasteiger partial charge < -0.3 is 15.4 Å². The van der Waals surface area contributed by atoms with E-state index < -0.39 is 0 Å². The van der Waals surface area contributed by atoms with Gasteiger partial charge in [0.25, 0.3) is 0 Å². The molecule has 1 atom stereocenters. The molecule has 144 valence electrons. The number of esters is 1. The fraction of sp³-hybridized carbons (Fsp3) is 0.429. The van der Waals surface area contributed by atoms with Crippen LogP contribution in [0.5, 0.6) is 0 Å². The van der Waals surface area contributed by atoms with Gasteiger partial charge in [-0.1, -0.05) is 24.6 Å². The van der Waals surface area contributed by atoms with Gasteiger partial charge in [-0.2, -0.15) is 0 Å². The summed E-state index contributed by atoms with van der Waals surface area (Å²) in [6.45, 7) is 6.50. The predicted octanol–water partition coefficient (Wildman–Crippen LogP) is 4.41. The summed E-state index contributed by atoms with van der Waals surface area (Å²) < 4.78 is 5.24. The smallest absolute Gasteiger partial charge is 0.341 e. The molecule has 2 aromatic rings. The monoisotopic (exact) mass is 386 g/mol. The first kappa shape index (κ1) is 19.4. The van der Waals surface area contributed by atoms with Crippen LogP contribution in [0.2, 0.25) is 0 Å². The summed E-state index contributed by atoms with van der Waals surface area (Å²) in [5, 5.41) is 6.64. The van der Waals surface area contributed by atoms with Gasteiger partial charge in [-0.25, -0.2) is 4.79 Å². The second-order valence-electron chi connectivity index (χ2n) is 7.04. The zero-order valence-corrected chi connectivity index (χ0v) is 16.9. The number of hydrogen-bond donors (Lipinski definition) is 2. The van der Waals surface area contributed by atoms with Crippen molar-refractivity contribution < 1.29 is 14.3 Å². The van der Waals surface area contributed by atoms with Gasteiger partial charge in [0.2, 0.25) is 5.91 Å². The standard InChI is InChI=1S/C21H26N2O3S/c1-4-26-21(25)19-16-10-7-14(3)11-17(16)27-20(19)23-18(24)12-22-15-8-5-13(2)6-9-15/h5-6,8-9,14,22H,4,7,10-12H2,1-3H3,(H,23,24)/t14-/m1/s1. The molecule has 2 N–H and O–H groups in total. The summed E-state index contributed by atoms with van der Waals surface area (Å²) in [5.74, 6) is 0.0806. The van der Waals surface area contributed by atoms with E-state index in [1.54, 1.807) is 6.92 Å². The Labute approximate surface area is 164 Å². The van der Waals surface area contributed by atoms with Crippen molar-refractivity contribution >= 4 is 33.9 Å². The number of nitrogens with one attached hydrogen (secondary N) is 2. The van der Waals surface area contributed by atoms with E-state index in [2.05, 4.69) is 17.6 Å². The van der Waals surface area contributed by atoms with Gasteiger partial charge in [0.05, 0.1) is 18.7 Å². The number of carbonyl (C=O) groups excluding carboxylic acids is 2. The number of ether oxygens (including phenoxy) is 1. The molecule has 0 saturated carbocycles. The molecule has 6 heteroatoms. The van der Waals surface area contributed by atoms with Crippen molar-refractivity contribution in [3.8, 4) is 0 Å². The van der Waals surface area contributed by atoms with Crippen molar-refractivity contribution in [2.45, 2.75) is 40.0 Å². The molecule has 0 radical (unpaired) electrons. The van der Waals surface area contributed by atoms with E-state index in [0.717, 1.165) is 30.5 Å². The Morgan fingerprint density at radius 1 is 1.26 bits per heavy atom. The first-order valence-electron chi connectivity index (χ1n) is 9.40. The Balaban J connectivity index is 1.73. The average molecular weight is 387 g/mol. The first-order chi connectivity index (χ1) is 13.0. The van der Waals surface area contributed by atoms with Crippen molar-refractivity contribution in [2.24, 2.45) is 5.92 Å². The summed E-state index contributed by atoms with van der Waals surface area (Å²) in [6.07, 6.45) is 2.86. The van der Waals surface area contributed by atoms with Gasteiger partial charge in [0, 0.05) is 10.6 Å². The van der Waals surface area contributed by atoms with E-state index >= 15 is 0 Å². The third-order valence-electron chi connectivity index (χ3n) is 4.75. The van der Waals surface area contributed by atoms with Gasteiger partial charge in [-0.15, -0.1) is 11.3 Å². The minimum atomic E-state index is -0.341. The van der Waals surface area contributed by atoms with Crippen LogP contribution in [-0.2, 0) is 22.4 Å².